The van der Waals surface area contributed by atoms with Crippen LogP contribution in [0.5, 0.6) is 0 Å². The number of benzene rings is 1. The molecule has 7 nitrogen and oxygen atoms in total. The molecule has 1 amide bonds. The van der Waals surface area contributed by atoms with Crippen molar-refractivity contribution in [1.29, 1.82) is 0 Å². The maximum absolute atomic E-state index is 11.9. The van der Waals surface area contributed by atoms with Crippen LogP contribution in [-0.4, -0.2) is 41.1 Å². The lowest BCUT2D eigenvalue weighted by atomic mass is 10.3. The molecule has 1 aromatic heterocycles. The number of non-ortho nitro benzene ring substituents is 1. The number of rotatable bonds is 8. The first-order valence-electron chi connectivity index (χ1n) is 7.23. The monoisotopic (exact) mass is 380 g/mol. The molecule has 0 bridgehead atoms. The zero-order chi connectivity index (χ0) is 18.2. The van der Waals surface area contributed by atoms with Crippen molar-refractivity contribution in [2.45, 2.75) is 11.4 Å². The van der Waals surface area contributed by atoms with Gasteiger partial charge in [-0.1, -0.05) is 0 Å². The number of thiophene rings is 1. The molecule has 0 atom stereocenters. The van der Waals surface area contributed by atoms with Gasteiger partial charge in [0, 0.05) is 30.6 Å². The number of esters is 1. The molecular formula is C16H16N2O5S2. The van der Waals surface area contributed by atoms with Crippen molar-refractivity contribution in [3.05, 3.63) is 56.8 Å². The molecule has 0 spiro atoms. The molecule has 1 aromatic carbocycles. The van der Waals surface area contributed by atoms with Gasteiger partial charge in [-0.15, -0.1) is 11.8 Å². The number of carbonyl (C=O) groups is 2. The minimum Gasteiger partial charge on any atom is -0.455 e. The molecule has 0 radical (unpaired) electrons. The predicted molar refractivity (Wildman–Crippen MR) is 95.6 cm³/mol. The summed E-state index contributed by atoms with van der Waals surface area (Å²) in [5.74, 6) is -0.764. The predicted octanol–water partition coefficient (Wildman–Crippen LogP) is 2.95. The van der Waals surface area contributed by atoms with E-state index >= 15 is 0 Å². The summed E-state index contributed by atoms with van der Waals surface area (Å²) in [5, 5.41) is 14.5. The molecule has 9 heteroatoms. The molecule has 0 aliphatic heterocycles. The van der Waals surface area contributed by atoms with Gasteiger partial charge in [0.2, 0.25) is 0 Å². The number of likely N-dealkylation sites (N-methyl/N-ethyl adjacent to an activating group) is 1. The quantitative estimate of drug-likeness (QED) is 0.303. The highest BCUT2D eigenvalue weighted by Crippen LogP contribution is 2.21. The fraction of sp³-hybridized carbons (Fsp3) is 0.250. The van der Waals surface area contributed by atoms with Crippen LogP contribution >= 0.6 is 23.1 Å². The molecule has 2 aromatic rings. The molecule has 0 N–H and O–H groups in total. The Hall–Kier alpha value is -2.39. The number of hydrogen-bond acceptors (Lipinski definition) is 7. The molecule has 132 valence electrons. The third kappa shape index (κ3) is 6.20. The van der Waals surface area contributed by atoms with E-state index in [1.807, 2.05) is 16.8 Å². The molecule has 0 aliphatic carbocycles. The van der Waals surface area contributed by atoms with Crippen molar-refractivity contribution in [1.82, 2.24) is 4.90 Å². The van der Waals surface area contributed by atoms with Gasteiger partial charge in [0.1, 0.15) is 0 Å². The van der Waals surface area contributed by atoms with Crippen molar-refractivity contribution >= 4 is 40.7 Å². The van der Waals surface area contributed by atoms with E-state index in [0.717, 1.165) is 5.56 Å². The summed E-state index contributed by atoms with van der Waals surface area (Å²) in [5.41, 5.74) is 1.02. The smallest absolute Gasteiger partial charge is 0.316 e. The molecule has 25 heavy (non-hydrogen) atoms. The van der Waals surface area contributed by atoms with E-state index in [1.54, 1.807) is 30.5 Å². The summed E-state index contributed by atoms with van der Waals surface area (Å²) in [4.78, 5) is 35.9. The summed E-state index contributed by atoms with van der Waals surface area (Å²) in [6, 6.07) is 7.81. The third-order valence-corrected chi connectivity index (χ3v) is 4.90. The topological polar surface area (TPSA) is 89.8 Å². The summed E-state index contributed by atoms with van der Waals surface area (Å²) in [7, 11) is 1.65. The van der Waals surface area contributed by atoms with Gasteiger partial charge in [0.15, 0.2) is 6.61 Å². The van der Waals surface area contributed by atoms with E-state index in [1.165, 1.54) is 28.8 Å². The molecule has 0 fully saturated rings. The van der Waals surface area contributed by atoms with E-state index in [-0.39, 0.29) is 24.0 Å². The van der Waals surface area contributed by atoms with Crippen LogP contribution in [0, 0.1) is 10.1 Å². The lowest BCUT2D eigenvalue weighted by Gasteiger charge is -2.16. The van der Waals surface area contributed by atoms with Crippen molar-refractivity contribution in [2.24, 2.45) is 0 Å². The normalized spacial score (nSPS) is 10.3. The van der Waals surface area contributed by atoms with Gasteiger partial charge < -0.3 is 9.64 Å². The van der Waals surface area contributed by atoms with Crippen molar-refractivity contribution < 1.29 is 19.2 Å². The molecule has 0 saturated carbocycles. The number of nitro benzene ring substituents is 1. The summed E-state index contributed by atoms with van der Waals surface area (Å²) in [6.45, 7) is 0.164. The van der Waals surface area contributed by atoms with Crippen LogP contribution in [0.1, 0.15) is 5.56 Å². The average molecular weight is 380 g/mol. The minimum atomic E-state index is -0.513. The lowest BCUT2D eigenvalue weighted by molar-refractivity contribution is -0.384. The van der Waals surface area contributed by atoms with Crippen LogP contribution in [0.3, 0.4) is 0 Å². The van der Waals surface area contributed by atoms with Gasteiger partial charge in [-0.25, -0.2) is 0 Å². The average Bonchev–Trinajstić information content (AvgIpc) is 3.11. The van der Waals surface area contributed by atoms with Crippen molar-refractivity contribution in [3.63, 3.8) is 0 Å². The molecule has 0 saturated heterocycles. The summed E-state index contributed by atoms with van der Waals surface area (Å²) >= 11 is 2.75. The highest BCUT2D eigenvalue weighted by Gasteiger charge is 2.13. The van der Waals surface area contributed by atoms with Gasteiger partial charge in [0.25, 0.3) is 11.6 Å². The Morgan fingerprint density at radius 2 is 2.00 bits per heavy atom. The van der Waals surface area contributed by atoms with E-state index in [2.05, 4.69) is 0 Å². The van der Waals surface area contributed by atoms with Gasteiger partial charge in [-0.2, -0.15) is 11.3 Å². The fourth-order valence-electron chi connectivity index (χ4n) is 1.85. The van der Waals surface area contributed by atoms with E-state index in [4.69, 9.17) is 4.74 Å². The van der Waals surface area contributed by atoms with E-state index in [9.17, 15) is 19.7 Å². The Labute approximate surface area is 152 Å². The second-order valence-corrected chi connectivity index (χ2v) is 6.91. The molecular weight excluding hydrogens is 364 g/mol. The Morgan fingerprint density at radius 3 is 2.60 bits per heavy atom. The first-order valence-corrected chi connectivity index (χ1v) is 9.16. The van der Waals surface area contributed by atoms with Gasteiger partial charge in [-0.05, 0) is 34.5 Å². The van der Waals surface area contributed by atoms with Crippen LogP contribution in [-0.2, 0) is 20.9 Å². The number of carbonyl (C=O) groups excluding carboxylic acids is 2. The van der Waals surface area contributed by atoms with Gasteiger partial charge >= 0.3 is 5.97 Å². The zero-order valence-electron chi connectivity index (χ0n) is 13.4. The Kier molecular flexibility index (Phi) is 6.96. The zero-order valence-corrected chi connectivity index (χ0v) is 15.0. The lowest BCUT2D eigenvalue weighted by Crippen LogP contribution is -2.30. The van der Waals surface area contributed by atoms with Crippen LogP contribution in [0.15, 0.2) is 46.0 Å². The van der Waals surface area contributed by atoms with E-state index in [0.29, 0.717) is 11.4 Å². The maximum Gasteiger partial charge on any atom is 0.316 e. The number of nitro groups is 1. The second-order valence-electron chi connectivity index (χ2n) is 5.08. The second kappa shape index (κ2) is 9.19. The molecule has 1 heterocycles. The van der Waals surface area contributed by atoms with Gasteiger partial charge in [-0.3, -0.25) is 19.7 Å². The third-order valence-electron chi connectivity index (χ3n) is 3.19. The summed E-state index contributed by atoms with van der Waals surface area (Å²) < 4.78 is 4.97. The number of thioether (sulfide) groups is 1. The number of amides is 1. The summed E-state index contributed by atoms with van der Waals surface area (Å²) in [6.07, 6.45) is 0. The molecule has 0 unspecified atom stereocenters. The SMILES string of the molecule is CN(Cc1ccsc1)C(=O)COC(=O)CSc1ccc([N+](=O)[O-])cc1. The highest BCUT2D eigenvalue weighted by atomic mass is 32.2. The number of hydrogen-bond donors (Lipinski definition) is 0. The van der Waals surface area contributed by atoms with Crippen LogP contribution in [0.4, 0.5) is 5.69 Å². The maximum atomic E-state index is 11.9. The van der Waals surface area contributed by atoms with Crippen molar-refractivity contribution in [2.75, 3.05) is 19.4 Å². The Balaban J connectivity index is 1.71. The van der Waals surface area contributed by atoms with Crippen LogP contribution in [0.2, 0.25) is 0 Å². The number of nitrogens with zero attached hydrogens (tertiary/aromatic N) is 2. The van der Waals surface area contributed by atoms with Gasteiger partial charge in [0.05, 0.1) is 10.7 Å². The molecule has 0 aliphatic rings. The first kappa shape index (κ1) is 18.9. The molecule has 2 rings (SSSR count). The Morgan fingerprint density at radius 1 is 1.28 bits per heavy atom. The first-order chi connectivity index (χ1) is 12.0. The highest BCUT2D eigenvalue weighted by molar-refractivity contribution is 8.00. The number of ether oxygens (including phenoxy) is 1. The minimum absolute atomic E-state index is 0.00816. The standard InChI is InChI=1S/C16H16N2O5S2/c1-17(8-12-6-7-24-10-12)15(19)9-23-16(20)11-25-14-4-2-13(3-5-14)18(21)22/h2-7,10H,8-9,11H2,1H3. The fourth-order valence-corrected chi connectivity index (χ4v) is 3.20. The van der Waals surface area contributed by atoms with Crippen LogP contribution in [0.25, 0.3) is 0 Å². The van der Waals surface area contributed by atoms with Crippen LogP contribution < -0.4 is 0 Å². The van der Waals surface area contributed by atoms with Crippen molar-refractivity contribution in [3.8, 4) is 0 Å². The van der Waals surface area contributed by atoms with E-state index < -0.39 is 10.9 Å². The largest absolute Gasteiger partial charge is 0.455 e. The Bertz CT molecular complexity index is 731.